The largest absolute Gasteiger partial charge is 0.439 e. The Bertz CT molecular complexity index is 537. The number of nitrogen functional groups attached to an aromatic ring is 1. The van der Waals surface area contributed by atoms with Crippen LogP contribution in [0.1, 0.15) is 0 Å². The van der Waals surface area contributed by atoms with Gasteiger partial charge in [0.1, 0.15) is 10.9 Å². The number of pyridine rings is 1. The second-order valence-electron chi connectivity index (χ2n) is 4.06. The zero-order valence-electron chi connectivity index (χ0n) is 10.2. The van der Waals surface area contributed by atoms with E-state index in [0.717, 1.165) is 5.69 Å². The van der Waals surface area contributed by atoms with Crippen molar-refractivity contribution < 1.29 is 4.74 Å². The van der Waals surface area contributed by atoms with Crippen LogP contribution in [0.2, 0.25) is 5.15 Å². The van der Waals surface area contributed by atoms with Crippen molar-refractivity contribution in [1.29, 1.82) is 0 Å². The number of hydrogen-bond acceptors (Lipinski definition) is 4. The zero-order chi connectivity index (χ0) is 13.1. The highest BCUT2D eigenvalue weighted by Gasteiger charge is 2.03. The number of nitrogens with zero attached hydrogens (tertiary/aromatic N) is 2. The average Bonchev–Trinajstić information content (AvgIpc) is 2.27. The average molecular weight is 264 g/mol. The van der Waals surface area contributed by atoms with E-state index in [1.54, 1.807) is 12.1 Å². The van der Waals surface area contributed by atoms with E-state index >= 15 is 0 Å². The summed E-state index contributed by atoms with van der Waals surface area (Å²) in [5.74, 6) is 1.08. The molecule has 0 fully saturated rings. The van der Waals surface area contributed by atoms with E-state index in [2.05, 4.69) is 4.98 Å². The molecule has 0 aliphatic rings. The molecule has 2 N–H and O–H groups in total. The van der Waals surface area contributed by atoms with Crippen molar-refractivity contribution in [3.05, 3.63) is 41.6 Å². The number of nitrogens with two attached hydrogens (primary N) is 1. The first-order valence-corrected chi connectivity index (χ1v) is 5.81. The van der Waals surface area contributed by atoms with Crippen LogP contribution in [-0.4, -0.2) is 19.1 Å². The van der Waals surface area contributed by atoms with Crippen LogP contribution in [0, 0.1) is 0 Å². The molecule has 0 saturated carbocycles. The molecule has 5 heteroatoms. The molecule has 4 nitrogen and oxygen atoms in total. The van der Waals surface area contributed by atoms with Crippen LogP contribution in [0.3, 0.4) is 0 Å². The Morgan fingerprint density at radius 2 is 2.00 bits per heavy atom. The maximum Gasteiger partial charge on any atom is 0.222 e. The molecule has 0 radical (unpaired) electrons. The quantitative estimate of drug-likeness (QED) is 0.864. The number of aromatic nitrogens is 1. The van der Waals surface area contributed by atoms with Crippen molar-refractivity contribution in [2.24, 2.45) is 0 Å². The van der Waals surface area contributed by atoms with Gasteiger partial charge in [0.05, 0.1) is 0 Å². The fourth-order valence-corrected chi connectivity index (χ4v) is 1.70. The third kappa shape index (κ3) is 3.05. The van der Waals surface area contributed by atoms with Crippen molar-refractivity contribution in [3.63, 3.8) is 0 Å². The van der Waals surface area contributed by atoms with Crippen molar-refractivity contribution in [3.8, 4) is 11.6 Å². The van der Waals surface area contributed by atoms with Gasteiger partial charge in [0.25, 0.3) is 0 Å². The number of benzene rings is 1. The number of halogens is 1. The van der Waals surface area contributed by atoms with Gasteiger partial charge in [0.15, 0.2) is 0 Å². The van der Waals surface area contributed by atoms with E-state index < -0.39 is 0 Å². The minimum Gasteiger partial charge on any atom is -0.439 e. The molecule has 0 spiro atoms. The van der Waals surface area contributed by atoms with Gasteiger partial charge in [-0.25, -0.2) is 4.98 Å². The van der Waals surface area contributed by atoms with Gasteiger partial charge in [-0.3, -0.25) is 0 Å². The Balaban J connectivity index is 2.25. The van der Waals surface area contributed by atoms with E-state index in [-0.39, 0.29) is 0 Å². The highest BCUT2D eigenvalue weighted by Crippen LogP contribution is 2.26. The van der Waals surface area contributed by atoms with Gasteiger partial charge in [0.2, 0.25) is 5.88 Å². The SMILES string of the molecule is CN(C)c1cccc(Oc2cc(N)cc(Cl)n2)c1. The van der Waals surface area contributed by atoms with Crippen LogP contribution in [0.15, 0.2) is 36.4 Å². The molecule has 0 aliphatic heterocycles. The fraction of sp³-hybridized carbons (Fsp3) is 0.154. The second-order valence-corrected chi connectivity index (χ2v) is 4.44. The predicted octanol–water partition coefficient (Wildman–Crippen LogP) is 3.18. The van der Waals surface area contributed by atoms with Gasteiger partial charge in [-0.1, -0.05) is 17.7 Å². The Morgan fingerprint density at radius 3 is 2.67 bits per heavy atom. The predicted molar refractivity (Wildman–Crippen MR) is 74.5 cm³/mol. The summed E-state index contributed by atoms with van der Waals surface area (Å²) in [4.78, 5) is 6.05. The lowest BCUT2D eigenvalue weighted by atomic mass is 10.3. The molecule has 1 heterocycles. The minimum atomic E-state index is 0.314. The molecule has 0 amide bonds. The third-order valence-electron chi connectivity index (χ3n) is 2.35. The highest BCUT2D eigenvalue weighted by molar-refractivity contribution is 6.29. The first kappa shape index (κ1) is 12.5. The van der Waals surface area contributed by atoms with Crippen molar-refractivity contribution in [1.82, 2.24) is 4.98 Å². The molecular weight excluding hydrogens is 250 g/mol. The number of hydrogen-bond donors (Lipinski definition) is 1. The third-order valence-corrected chi connectivity index (χ3v) is 2.54. The molecule has 0 bridgehead atoms. The van der Waals surface area contributed by atoms with Gasteiger partial charge in [-0.2, -0.15) is 0 Å². The van der Waals surface area contributed by atoms with Crippen molar-refractivity contribution >= 4 is 23.0 Å². The normalized spacial score (nSPS) is 10.2. The summed E-state index contributed by atoms with van der Waals surface area (Å²) in [6.45, 7) is 0. The first-order chi connectivity index (χ1) is 8.54. The molecular formula is C13H14ClN3O. The van der Waals surface area contributed by atoms with Crippen molar-refractivity contribution in [2.75, 3.05) is 24.7 Å². The minimum absolute atomic E-state index is 0.314. The maximum absolute atomic E-state index is 5.82. The summed E-state index contributed by atoms with van der Waals surface area (Å²) in [6.07, 6.45) is 0. The molecule has 0 atom stereocenters. The highest BCUT2D eigenvalue weighted by atomic mass is 35.5. The lowest BCUT2D eigenvalue weighted by molar-refractivity contribution is 0.463. The molecule has 0 saturated heterocycles. The Hall–Kier alpha value is -1.94. The topological polar surface area (TPSA) is 51.4 Å². The van der Waals surface area contributed by atoms with E-state index in [9.17, 15) is 0 Å². The Kier molecular flexibility index (Phi) is 3.58. The van der Waals surface area contributed by atoms with Crippen LogP contribution < -0.4 is 15.4 Å². The summed E-state index contributed by atoms with van der Waals surface area (Å²) >= 11 is 5.82. The molecule has 2 rings (SSSR count). The first-order valence-electron chi connectivity index (χ1n) is 5.43. The van der Waals surface area contributed by atoms with E-state index in [1.807, 2.05) is 43.3 Å². The molecule has 94 valence electrons. The van der Waals surface area contributed by atoms with Gasteiger partial charge in [-0.15, -0.1) is 0 Å². The number of ether oxygens (including phenoxy) is 1. The van der Waals surface area contributed by atoms with Crippen LogP contribution in [-0.2, 0) is 0 Å². The number of rotatable bonds is 3. The summed E-state index contributed by atoms with van der Waals surface area (Å²) in [5, 5.41) is 0.314. The summed E-state index contributed by atoms with van der Waals surface area (Å²) in [7, 11) is 3.93. The molecule has 18 heavy (non-hydrogen) atoms. The molecule has 0 unspecified atom stereocenters. The Labute approximate surface area is 111 Å². The molecule has 1 aromatic carbocycles. The summed E-state index contributed by atoms with van der Waals surface area (Å²) in [5.41, 5.74) is 7.24. The summed E-state index contributed by atoms with van der Waals surface area (Å²) in [6, 6.07) is 10.9. The monoisotopic (exact) mass is 263 g/mol. The fourth-order valence-electron chi connectivity index (χ4n) is 1.49. The molecule has 2 aromatic rings. The van der Waals surface area contributed by atoms with Crippen LogP contribution in [0.25, 0.3) is 0 Å². The van der Waals surface area contributed by atoms with E-state index in [1.165, 1.54) is 0 Å². The Morgan fingerprint density at radius 1 is 1.22 bits per heavy atom. The van der Waals surface area contributed by atoms with Crippen LogP contribution >= 0.6 is 11.6 Å². The molecule has 1 aromatic heterocycles. The standard InChI is InChI=1S/C13H14ClN3O/c1-17(2)10-4-3-5-11(8-10)18-13-7-9(15)6-12(14)16-13/h3-8H,1-2H3,(H2,15,16). The number of anilines is 2. The smallest absolute Gasteiger partial charge is 0.222 e. The van der Waals surface area contributed by atoms with Crippen molar-refractivity contribution in [2.45, 2.75) is 0 Å². The van der Waals surface area contributed by atoms with E-state index in [4.69, 9.17) is 22.1 Å². The molecule has 0 aliphatic carbocycles. The maximum atomic E-state index is 5.82. The lowest BCUT2D eigenvalue weighted by Crippen LogP contribution is -2.08. The van der Waals surface area contributed by atoms with Crippen LogP contribution in [0.5, 0.6) is 11.6 Å². The van der Waals surface area contributed by atoms with Gasteiger partial charge in [-0.05, 0) is 18.2 Å². The van der Waals surface area contributed by atoms with Gasteiger partial charge in [0, 0.05) is 37.6 Å². The van der Waals surface area contributed by atoms with E-state index in [0.29, 0.717) is 22.5 Å². The summed E-state index contributed by atoms with van der Waals surface area (Å²) < 4.78 is 5.63. The second kappa shape index (κ2) is 5.14. The zero-order valence-corrected chi connectivity index (χ0v) is 11.0. The lowest BCUT2D eigenvalue weighted by Gasteiger charge is -2.13. The van der Waals surface area contributed by atoms with Crippen LogP contribution in [0.4, 0.5) is 11.4 Å². The van der Waals surface area contributed by atoms with Gasteiger partial charge < -0.3 is 15.4 Å². The van der Waals surface area contributed by atoms with Gasteiger partial charge >= 0.3 is 0 Å².